The SMILES string of the molecule is COC1(C(N)c2ccsn2)CCCC1. The first kappa shape index (κ1) is 10.1. The maximum Gasteiger partial charge on any atom is 0.0886 e. The van der Waals surface area contributed by atoms with Gasteiger partial charge in [-0.2, -0.15) is 4.37 Å². The molecule has 1 unspecified atom stereocenters. The van der Waals surface area contributed by atoms with Crippen LogP contribution in [0.5, 0.6) is 0 Å². The van der Waals surface area contributed by atoms with Gasteiger partial charge in [0.25, 0.3) is 0 Å². The van der Waals surface area contributed by atoms with E-state index in [4.69, 9.17) is 10.5 Å². The first-order valence-electron chi connectivity index (χ1n) is 4.99. The Morgan fingerprint density at radius 1 is 1.57 bits per heavy atom. The molecule has 0 aromatic carbocycles. The molecule has 0 radical (unpaired) electrons. The summed E-state index contributed by atoms with van der Waals surface area (Å²) in [5.74, 6) is 0. The Balaban J connectivity index is 2.19. The number of hydrogen-bond acceptors (Lipinski definition) is 4. The van der Waals surface area contributed by atoms with Crippen LogP contribution in [0.25, 0.3) is 0 Å². The van der Waals surface area contributed by atoms with Crippen molar-refractivity contribution in [3.8, 4) is 0 Å². The van der Waals surface area contributed by atoms with Gasteiger partial charge >= 0.3 is 0 Å². The van der Waals surface area contributed by atoms with E-state index in [1.54, 1.807) is 7.11 Å². The highest BCUT2D eigenvalue weighted by molar-refractivity contribution is 7.03. The van der Waals surface area contributed by atoms with Crippen LogP contribution in [0.4, 0.5) is 0 Å². The minimum Gasteiger partial charge on any atom is -0.376 e. The molecule has 1 heterocycles. The average molecular weight is 212 g/mol. The Bertz CT molecular complexity index is 280. The van der Waals surface area contributed by atoms with E-state index in [1.165, 1.54) is 24.4 Å². The van der Waals surface area contributed by atoms with Gasteiger partial charge in [-0.05, 0) is 30.4 Å². The Kier molecular flexibility index (Phi) is 2.85. The van der Waals surface area contributed by atoms with Crippen molar-refractivity contribution in [3.05, 3.63) is 17.1 Å². The van der Waals surface area contributed by atoms with Crippen molar-refractivity contribution in [3.63, 3.8) is 0 Å². The fraction of sp³-hybridized carbons (Fsp3) is 0.700. The molecule has 3 nitrogen and oxygen atoms in total. The number of methoxy groups -OCH3 is 1. The molecule has 1 aromatic rings. The summed E-state index contributed by atoms with van der Waals surface area (Å²) in [6.45, 7) is 0. The largest absolute Gasteiger partial charge is 0.376 e. The van der Waals surface area contributed by atoms with Crippen molar-refractivity contribution in [1.82, 2.24) is 4.37 Å². The molecular formula is C10H16N2OS. The van der Waals surface area contributed by atoms with Gasteiger partial charge in [0, 0.05) is 12.5 Å². The summed E-state index contributed by atoms with van der Waals surface area (Å²) >= 11 is 1.45. The minimum atomic E-state index is -0.159. The zero-order chi connectivity index (χ0) is 10.0. The second-order valence-electron chi connectivity index (χ2n) is 3.88. The first-order chi connectivity index (χ1) is 6.78. The molecule has 1 aliphatic rings. The second kappa shape index (κ2) is 3.96. The highest BCUT2D eigenvalue weighted by atomic mass is 32.1. The van der Waals surface area contributed by atoms with Gasteiger partial charge in [0.1, 0.15) is 0 Å². The number of nitrogens with two attached hydrogens (primary N) is 1. The van der Waals surface area contributed by atoms with Gasteiger partial charge in [-0.3, -0.25) is 0 Å². The van der Waals surface area contributed by atoms with Crippen LogP contribution in [0.2, 0.25) is 0 Å². The maximum absolute atomic E-state index is 6.21. The zero-order valence-electron chi connectivity index (χ0n) is 8.40. The van der Waals surface area contributed by atoms with Crippen molar-refractivity contribution in [1.29, 1.82) is 0 Å². The molecule has 0 spiro atoms. The van der Waals surface area contributed by atoms with Crippen LogP contribution in [0.15, 0.2) is 11.4 Å². The van der Waals surface area contributed by atoms with Gasteiger partial charge in [-0.25, -0.2) is 0 Å². The van der Waals surface area contributed by atoms with Crippen LogP contribution < -0.4 is 5.73 Å². The standard InChI is InChI=1S/C10H16N2OS/c1-13-10(5-2-3-6-10)9(11)8-4-7-14-12-8/h4,7,9H,2-3,5-6,11H2,1H3. The molecule has 2 rings (SSSR count). The van der Waals surface area contributed by atoms with Crippen molar-refractivity contribution < 1.29 is 4.74 Å². The van der Waals surface area contributed by atoms with Gasteiger partial charge in [-0.1, -0.05) is 12.8 Å². The Hall–Kier alpha value is -0.450. The van der Waals surface area contributed by atoms with Gasteiger partial charge in [0.05, 0.1) is 17.3 Å². The molecule has 1 aromatic heterocycles. The quantitative estimate of drug-likeness (QED) is 0.834. The Labute approximate surface area is 88.4 Å². The molecule has 1 saturated carbocycles. The predicted octanol–water partition coefficient (Wildman–Crippen LogP) is 2.10. The van der Waals surface area contributed by atoms with E-state index in [0.29, 0.717) is 0 Å². The number of nitrogens with zero attached hydrogens (tertiary/aromatic N) is 1. The molecule has 78 valence electrons. The smallest absolute Gasteiger partial charge is 0.0886 e. The molecule has 14 heavy (non-hydrogen) atoms. The van der Waals surface area contributed by atoms with Crippen LogP contribution in [0, 0.1) is 0 Å². The number of ether oxygens (including phenoxy) is 1. The van der Waals surface area contributed by atoms with Crippen LogP contribution in [0.1, 0.15) is 37.4 Å². The maximum atomic E-state index is 6.21. The van der Waals surface area contributed by atoms with Gasteiger partial charge in [0.15, 0.2) is 0 Å². The van der Waals surface area contributed by atoms with E-state index in [-0.39, 0.29) is 11.6 Å². The van der Waals surface area contributed by atoms with Crippen molar-refractivity contribution in [2.75, 3.05) is 7.11 Å². The molecule has 0 saturated heterocycles. The van der Waals surface area contributed by atoms with E-state index < -0.39 is 0 Å². The summed E-state index contributed by atoms with van der Waals surface area (Å²) in [5.41, 5.74) is 7.02. The summed E-state index contributed by atoms with van der Waals surface area (Å²) in [6, 6.07) is 1.93. The molecule has 1 fully saturated rings. The summed E-state index contributed by atoms with van der Waals surface area (Å²) in [5, 5.41) is 1.97. The van der Waals surface area contributed by atoms with E-state index >= 15 is 0 Å². The molecule has 0 amide bonds. The predicted molar refractivity (Wildman–Crippen MR) is 57.3 cm³/mol. The third-order valence-electron chi connectivity index (χ3n) is 3.20. The molecule has 0 aliphatic heterocycles. The molecule has 1 atom stereocenters. The molecule has 4 heteroatoms. The Morgan fingerprint density at radius 3 is 2.79 bits per heavy atom. The lowest BCUT2D eigenvalue weighted by Crippen LogP contribution is -2.40. The molecular weight excluding hydrogens is 196 g/mol. The van der Waals surface area contributed by atoms with E-state index in [0.717, 1.165) is 18.5 Å². The lowest BCUT2D eigenvalue weighted by atomic mass is 9.90. The fourth-order valence-electron chi connectivity index (χ4n) is 2.27. The summed E-state index contributed by atoms with van der Waals surface area (Å²) < 4.78 is 9.91. The van der Waals surface area contributed by atoms with E-state index in [2.05, 4.69) is 4.37 Å². The summed E-state index contributed by atoms with van der Waals surface area (Å²) in [7, 11) is 1.76. The summed E-state index contributed by atoms with van der Waals surface area (Å²) in [4.78, 5) is 0. The second-order valence-corrected chi connectivity index (χ2v) is 4.54. The topological polar surface area (TPSA) is 48.1 Å². The van der Waals surface area contributed by atoms with Crippen LogP contribution >= 0.6 is 11.5 Å². The van der Waals surface area contributed by atoms with E-state index in [9.17, 15) is 0 Å². The van der Waals surface area contributed by atoms with E-state index in [1.807, 2.05) is 11.4 Å². The normalized spacial score (nSPS) is 22.4. The number of aromatic nitrogens is 1. The van der Waals surface area contributed by atoms with Crippen LogP contribution in [-0.4, -0.2) is 17.1 Å². The lowest BCUT2D eigenvalue weighted by molar-refractivity contribution is -0.0271. The highest BCUT2D eigenvalue weighted by Crippen LogP contribution is 2.40. The van der Waals surface area contributed by atoms with Gasteiger partial charge < -0.3 is 10.5 Å². The third kappa shape index (κ3) is 1.58. The van der Waals surface area contributed by atoms with Crippen LogP contribution in [0.3, 0.4) is 0 Å². The van der Waals surface area contributed by atoms with Crippen molar-refractivity contribution in [2.24, 2.45) is 5.73 Å². The lowest BCUT2D eigenvalue weighted by Gasteiger charge is -2.32. The van der Waals surface area contributed by atoms with Crippen molar-refractivity contribution >= 4 is 11.5 Å². The monoisotopic (exact) mass is 212 g/mol. The zero-order valence-corrected chi connectivity index (χ0v) is 9.22. The Morgan fingerprint density at radius 2 is 2.29 bits per heavy atom. The van der Waals surface area contributed by atoms with Crippen molar-refractivity contribution in [2.45, 2.75) is 37.3 Å². The van der Waals surface area contributed by atoms with Gasteiger partial charge in [-0.15, -0.1) is 0 Å². The molecule has 2 N–H and O–H groups in total. The molecule has 1 aliphatic carbocycles. The highest BCUT2D eigenvalue weighted by Gasteiger charge is 2.41. The van der Waals surface area contributed by atoms with Crippen LogP contribution in [-0.2, 0) is 4.74 Å². The number of rotatable bonds is 3. The average Bonchev–Trinajstić information content (AvgIpc) is 2.89. The number of hydrogen-bond donors (Lipinski definition) is 1. The third-order valence-corrected chi connectivity index (χ3v) is 3.77. The fourth-order valence-corrected chi connectivity index (χ4v) is 2.82. The minimum absolute atomic E-state index is 0.0683. The van der Waals surface area contributed by atoms with Gasteiger partial charge in [0.2, 0.25) is 0 Å². The molecule has 0 bridgehead atoms. The first-order valence-corrected chi connectivity index (χ1v) is 5.83. The summed E-state index contributed by atoms with van der Waals surface area (Å²) in [6.07, 6.45) is 4.54.